The van der Waals surface area contributed by atoms with E-state index in [9.17, 15) is 0 Å². The van der Waals surface area contributed by atoms with E-state index >= 15 is 0 Å². The molecule has 114 valence electrons. The lowest BCUT2D eigenvalue weighted by molar-refractivity contribution is 1.34. The minimum absolute atomic E-state index is 0.508. The topological polar surface area (TPSA) is 37.1 Å². The molecule has 0 aliphatic carbocycles. The molecule has 0 unspecified atom stereocenters. The Kier molecular flexibility index (Phi) is 5.05. The molecule has 0 N–H and O–H groups in total. The molecule has 3 rings (SSSR count). The second kappa shape index (κ2) is 7.40. The standard InChI is InChI=1S/C18H14ClN3S/c1-13-7-9-15(10-8-13)18(14-5-3-2-4-6-14)21-17-11-16(19)12-20-22-23-17/h2-12H,1H3. The number of aryl methyl sites for hydroxylation is 1. The highest BCUT2D eigenvalue weighted by Crippen LogP contribution is 2.27. The number of hydrogen-bond donors (Lipinski definition) is 0. The fourth-order valence-electron chi connectivity index (χ4n) is 2.09. The molecule has 1 aliphatic rings. The average molecular weight is 340 g/mol. The van der Waals surface area contributed by atoms with Gasteiger partial charge in [-0.2, -0.15) is 0 Å². The highest BCUT2D eigenvalue weighted by atomic mass is 35.5. The van der Waals surface area contributed by atoms with E-state index < -0.39 is 0 Å². The average Bonchev–Trinajstić information content (AvgIpc) is 2.78. The Morgan fingerprint density at radius 3 is 2.43 bits per heavy atom. The first-order valence-electron chi connectivity index (χ1n) is 7.08. The zero-order valence-electron chi connectivity index (χ0n) is 12.5. The third kappa shape index (κ3) is 4.18. The van der Waals surface area contributed by atoms with Gasteiger partial charge in [-0.1, -0.05) is 71.8 Å². The monoisotopic (exact) mass is 339 g/mol. The highest BCUT2D eigenvalue weighted by Gasteiger charge is 2.09. The third-order valence-corrected chi connectivity index (χ3v) is 4.00. The van der Waals surface area contributed by atoms with Gasteiger partial charge in [0, 0.05) is 11.1 Å². The van der Waals surface area contributed by atoms with Gasteiger partial charge in [0.1, 0.15) is 5.03 Å². The number of hydrogen-bond acceptors (Lipinski definition) is 4. The molecule has 0 amide bonds. The van der Waals surface area contributed by atoms with Crippen molar-refractivity contribution in [3.05, 3.63) is 93.6 Å². The van der Waals surface area contributed by atoms with Crippen LogP contribution < -0.4 is 0 Å². The summed E-state index contributed by atoms with van der Waals surface area (Å²) in [7, 11) is 0. The summed E-state index contributed by atoms with van der Waals surface area (Å²) in [5, 5.41) is 5.05. The number of nitrogens with zero attached hydrogens (tertiary/aromatic N) is 3. The summed E-state index contributed by atoms with van der Waals surface area (Å²) in [5.74, 6) is 0. The molecular weight excluding hydrogens is 326 g/mol. The highest BCUT2D eigenvalue weighted by molar-refractivity contribution is 8.01. The molecule has 3 nitrogen and oxygen atoms in total. The summed E-state index contributed by atoms with van der Waals surface area (Å²) in [4.78, 5) is 4.78. The smallest absolute Gasteiger partial charge is 0.123 e. The lowest BCUT2D eigenvalue weighted by Crippen LogP contribution is -2.03. The van der Waals surface area contributed by atoms with E-state index in [1.54, 1.807) is 6.08 Å². The van der Waals surface area contributed by atoms with Crippen LogP contribution in [0.15, 0.2) is 91.6 Å². The Morgan fingerprint density at radius 1 is 1.00 bits per heavy atom. The second-order valence-electron chi connectivity index (χ2n) is 4.98. The van der Waals surface area contributed by atoms with Crippen LogP contribution in [0.2, 0.25) is 0 Å². The van der Waals surface area contributed by atoms with Gasteiger partial charge in [-0.15, -0.1) is 9.63 Å². The maximum atomic E-state index is 6.06. The lowest BCUT2D eigenvalue weighted by atomic mass is 10.0. The predicted molar refractivity (Wildman–Crippen MR) is 97.7 cm³/mol. The zero-order valence-corrected chi connectivity index (χ0v) is 14.1. The van der Waals surface area contributed by atoms with E-state index in [2.05, 4.69) is 40.8 Å². The Hall–Kier alpha value is -2.17. The molecular formula is C18H14ClN3S. The number of aliphatic imine (C=N–C) groups is 1. The van der Waals surface area contributed by atoms with E-state index in [-0.39, 0.29) is 0 Å². The summed E-state index contributed by atoms with van der Waals surface area (Å²) in [6, 6.07) is 18.4. The Morgan fingerprint density at radius 2 is 1.70 bits per heavy atom. The van der Waals surface area contributed by atoms with Gasteiger partial charge in [-0.25, -0.2) is 4.99 Å². The van der Waals surface area contributed by atoms with Crippen molar-refractivity contribution < 1.29 is 0 Å². The molecule has 1 aliphatic heterocycles. The van der Waals surface area contributed by atoms with Crippen LogP contribution >= 0.6 is 23.5 Å². The van der Waals surface area contributed by atoms with E-state index in [4.69, 9.17) is 16.6 Å². The summed E-state index contributed by atoms with van der Waals surface area (Å²) >= 11 is 7.26. The van der Waals surface area contributed by atoms with Crippen LogP contribution in [0.5, 0.6) is 0 Å². The van der Waals surface area contributed by atoms with Crippen LogP contribution in [0.1, 0.15) is 16.7 Å². The van der Waals surface area contributed by atoms with Crippen LogP contribution in [0.3, 0.4) is 0 Å². The SMILES string of the molecule is Cc1ccc(C(=NC2=CC(Cl)=CN=NS2)c2ccccc2)cc1. The number of rotatable bonds is 3. The third-order valence-electron chi connectivity index (χ3n) is 3.22. The maximum Gasteiger partial charge on any atom is 0.123 e. The second-order valence-corrected chi connectivity index (χ2v) is 6.18. The quantitative estimate of drug-likeness (QED) is 0.509. The molecule has 1 heterocycles. The molecule has 0 bridgehead atoms. The van der Waals surface area contributed by atoms with Gasteiger partial charge < -0.3 is 0 Å². The fourth-order valence-corrected chi connectivity index (χ4v) is 2.79. The van der Waals surface area contributed by atoms with Gasteiger partial charge >= 0.3 is 0 Å². The van der Waals surface area contributed by atoms with E-state index in [0.717, 1.165) is 16.8 Å². The van der Waals surface area contributed by atoms with Crippen molar-refractivity contribution in [2.24, 2.45) is 14.6 Å². The Labute approximate surface area is 144 Å². The first kappa shape index (κ1) is 15.7. The van der Waals surface area contributed by atoms with Crippen molar-refractivity contribution in [3.63, 3.8) is 0 Å². The van der Waals surface area contributed by atoms with Crippen LogP contribution in [-0.2, 0) is 0 Å². The van der Waals surface area contributed by atoms with Gasteiger partial charge in [0.15, 0.2) is 0 Å². The van der Waals surface area contributed by atoms with Gasteiger partial charge in [0.25, 0.3) is 0 Å². The Bertz CT molecular complexity index is 806. The van der Waals surface area contributed by atoms with Crippen molar-refractivity contribution in [1.29, 1.82) is 0 Å². The molecule has 0 atom stereocenters. The summed E-state index contributed by atoms with van der Waals surface area (Å²) < 4.78 is 3.96. The predicted octanol–water partition coefficient (Wildman–Crippen LogP) is 5.87. The van der Waals surface area contributed by atoms with Gasteiger partial charge in [-0.3, -0.25) is 0 Å². The number of benzene rings is 2. The van der Waals surface area contributed by atoms with Crippen LogP contribution in [0.4, 0.5) is 0 Å². The molecule has 0 spiro atoms. The van der Waals surface area contributed by atoms with Gasteiger partial charge in [0.2, 0.25) is 0 Å². The largest absolute Gasteiger partial charge is 0.239 e. The van der Waals surface area contributed by atoms with Crippen LogP contribution in [0.25, 0.3) is 0 Å². The van der Waals surface area contributed by atoms with Crippen LogP contribution in [0, 0.1) is 6.92 Å². The fraction of sp³-hybridized carbons (Fsp3) is 0.0556. The van der Waals surface area contributed by atoms with E-state index in [0.29, 0.717) is 10.1 Å². The first-order valence-corrected chi connectivity index (χ1v) is 8.23. The van der Waals surface area contributed by atoms with Gasteiger partial charge in [0.05, 0.1) is 28.9 Å². The molecule has 5 heteroatoms. The van der Waals surface area contributed by atoms with Crippen molar-refractivity contribution >= 4 is 29.3 Å². The van der Waals surface area contributed by atoms with Crippen molar-refractivity contribution in [3.8, 4) is 0 Å². The molecule has 2 aromatic carbocycles. The maximum absolute atomic E-state index is 6.06. The number of halogens is 1. The molecule has 0 fully saturated rings. The molecule has 0 aromatic heterocycles. The minimum atomic E-state index is 0.508. The van der Waals surface area contributed by atoms with Crippen molar-refractivity contribution in [2.75, 3.05) is 0 Å². The first-order chi connectivity index (χ1) is 11.2. The van der Waals surface area contributed by atoms with Crippen molar-refractivity contribution in [2.45, 2.75) is 6.92 Å². The minimum Gasteiger partial charge on any atom is -0.239 e. The molecule has 0 saturated carbocycles. The summed E-state index contributed by atoms with van der Waals surface area (Å²) in [6.45, 7) is 2.07. The van der Waals surface area contributed by atoms with E-state index in [1.165, 1.54) is 23.7 Å². The zero-order chi connectivity index (χ0) is 16.1. The van der Waals surface area contributed by atoms with E-state index in [1.807, 2.05) is 30.3 Å². The molecule has 23 heavy (non-hydrogen) atoms. The van der Waals surface area contributed by atoms with Gasteiger partial charge in [-0.05, 0) is 13.0 Å². The lowest BCUT2D eigenvalue weighted by Gasteiger charge is -2.08. The van der Waals surface area contributed by atoms with Crippen LogP contribution in [-0.4, -0.2) is 5.71 Å². The Balaban J connectivity index is 2.09. The number of allylic oxidation sites excluding steroid dienone is 2. The molecule has 0 radical (unpaired) electrons. The van der Waals surface area contributed by atoms with Crippen molar-refractivity contribution in [1.82, 2.24) is 0 Å². The molecule has 2 aromatic rings. The summed E-state index contributed by atoms with van der Waals surface area (Å²) in [5.41, 5.74) is 4.18. The molecule has 0 saturated heterocycles. The summed E-state index contributed by atoms with van der Waals surface area (Å²) in [6.07, 6.45) is 3.27. The normalized spacial score (nSPS) is 15.0.